The van der Waals surface area contributed by atoms with Gasteiger partial charge < -0.3 is 14.8 Å². The molecule has 2 aromatic heterocycles. The molecule has 0 aliphatic heterocycles. The molecular weight excluding hydrogens is 318 g/mol. The number of hydrogen-bond donors (Lipinski definition) is 2. The number of aliphatic hydroxyl groups is 1. The van der Waals surface area contributed by atoms with Crippen LogP contribution in [-0.4, -0.2) is 27.4 Å². The van der Waals surface area contributed by atoms with E-state index in [0.717, 1.165) is 5.69 Å². The minimum absolute atomic E-state index is 0.259. The van der Waals surface area contributed by atoms with Gasteiger partial charge in [-0.25, -0.2) is 4.68 Å². The fourth-order valence-electron chi connectivity index (χ4n) is 2.11. The molecule has 3 rings (SSSR count). The molecule has 2 N–H and O–H groups in total. The highest BCUT2D eigenvalue weighted by atomic mass is 35.5. The van der Waals surface area contributed by atoms with Crippen molar-refractivity contribution in [3.05, 3.63) is 71.4 Å². The van der Waals surface area contributed by atoms with Crippen molar-refractivity contribution in [2.75, 3.05) is 6.61 Å². The van der Waals surface area contributed by atoms with Gasteiger partial charge in [0.2, 0.25) is 0 Å². The van der Waals surface area contributed by atoms with E-state index in [2.05, 4.69) is 10.4 Å². The SMILES string of the molecule is O=C(NC(CO)c1ccco1)c1cnn(-c2ccc(Cl)cc2)c1. The van der Waals surface area contributed by atoms with Crippen molar-refractivity contribution in [3.8, 4) is 5.69 Å². The van der Waals surface area contributed by atoms with E-state index >= 15 is 0 Å². The van der Waals surface area contributed by atoms with E-state index in [1.165, 1.54) is 12.5 Å². The zero-order valence-electron chi connectivity index (χ0n) is 12.0. The monoisotopic (exact) mass is 331 g/mol. The minimum Gasteiger partial charge on any atom is -0.467 e. The molecule has 7 heteroatoms. The Morgan fingerprint density at radius 2 is 2.13 bits per heavy atom. The van der Waals surface area contributed by atoms with Gasteiger partial charge in [-0.15, -0.1) is 0 Å². The summed E-state index contributed by atoms with van der Waals surface area (Å²) in [4.78, 5) is 12.3. The average Bonchev–Trinajstić information content (AvgIpc) is 3.24. The number of furan rings is 1. The second kappa shape index (κ2) is 6.68. The number of carbonyl (C=O) groups excluding carboxylic acids is 1. The summed E-state index contributed by atoms with van der Waals surface area (Å²) in [5, 5.41) is 16.9. The summed E-state index contributed by atoms with van der Waals surface area (Å²) in [6.45, 7) is -0.259. The largest absolute Gasteiger partial charge is 0.467 e. The summed E-state index contributed by atoms with van der Waals surface area (Å²) < 4.78 is 6.78. The smallest absolute Gasteiger partial charge is 0.255 e. The van der Waals surface area contributed by atoms with Crippen LogP contribution in [0.3, 0.4) is 0 Å². The van der Waals surface area contributed by atoms with E-state index in [4.69, 9.17) is 16.0 Å². The number of nitrogens with one attached hydrogen (secondary N) is 1. The van der Waals surface area contributed by atoms with Crippen molar-refractivity contribution < 1.29 is 14.3 Å². The van der Waals surface area contributed by atoms with Crippen molar-refractivity contribution in [3.63, 3.8) is 0 Å². The molecular formula is C16H14ClN3O3. The maximum absolute atomic E-state index is 12.3. The zero-order valence-corrected chi connectivity index (χ0v) is 12.8. The molecule has 2 heterocycles. The van der Waals surface area contributed by atoms with Gasteiger partial charge in [0.25, 0.3) is 5.91 Å². The quantitative estimate of drug-likeness (QED) is 0.753. The van der Waals surface area contributed by atoms with Gasteiger partial charge in [-0.1, -0.05) is 11.6 Å². The van der Waals surface area contributed by atoms with Crippen LogP contribution in [0, 0.1) is 0 Å². The third-order valence-corrected chi connectivity index (χ3v) is 3.56. The van der Waals surface area contributed by atoms with E-state index in [1.54, 1.807) is 47.3 Å². The molecule has 0 saturated carbocycles. The number of aromatic nitrogens is 2. The summed E-state index contributed by atoms with van der Waals surface area (Å²) in [6.07, 6.45) is 4.55. The first-order chi connectivity index (χ1) is 11.2. The number of amides is 1. The fourth-order valence-corrected chi connectivity index (χ4v) is 2.24. The Bertz CT molecular complexity index is 781. The summed E-state index contributed by atoms with van der Waals surface area (Å²) in [7, 11) is 0. The van der Waals surface area contributed by atoms with Crippen LogP contribution in [0.4, 0.5) is 0 Å². The molecule has 0 fully saturated rings. The van der Waals surface area contributed by atoms with Crippen LogP contribution in [-0.2, 0) is 0 Å². The number of halogens is 1. The van der Waals surface area contributed by atoms with E-state index in [0.29, 0.717) is 16.3 Å². The van der Waals surface area contributed by atoms with Gasteiger partial charge >= 0.3 is 0 Å². The van der Waals surface area contributed by atoms with E-state index in [9.17, 15) is 9.90 Å². The molecule has 118 valence electrons. The molecule has 1 atom stereocenters. The normalized spacial score (nSPS) is 12.1. The van der Waals surface area contributed by atoms with Crippen molar-refractivity contribution in [1.29, 1.82) is 0 Å². The highest BCUT2D eigenvalue weighted by Crippen LogP contribution is 2.15. The molecule has 0 aliphatic carbocycles. The van der Waals surface area contributed by atoms with Crippen LogP contribution in [0.1, 0.15) is 22.2 Å². The highest BCUT2D eigenvalue weighted by molar-refractivity contribution is 6.30. The Labute approximate surface area is 137 Å². The molecule has 1 amide bonds. The Morgan fingerprint density at radius 3 is 2.78 bits per heavy atom. The summed E-state index contributed by atoms with van der Waals surface area (Å²) in [5.41, 5.74) is 1.17. The van der Waals surface area contributed by atoms with Gasteiger partial charge in [0, 0.05) is 11.2 Å². The van der Waals surface area contributed by atoms with Gasteiger partial charge in [-0.05, 0) is 36.4 Å². The second-order valence-electron chi connectivity index (χ2n) is 4.87. The lowest BCUT2D eigenvalue weighted by atomic mass is 10.2. The van der Waals surface area contributed by atoms with Crippen LogP contribution in [0.2, 0.25) is 5.02 Å². The molecule has 1 unspecified atom stereocenters. The standard InChI is InChI=1S/C16H14ClN3O3/c17-12-3-5-13(6-4-12)20-9-11(8-18-20)16(22)19-14(10-21)15-2-1-7-23-15/h1-9,14,21H,10H2,(H,19,22). The van der Waals surface area contributed by atoms with Gasteiger partial charge in [0.15, 0.2) is 0 Å². The Morgan fingerprint density at radius 1 is 1.35 bits per heavy atom. The van der Waals surface area contributed by atoms with E-state index < -0.39 is 6.04 Å². The van der Waals surface area contributed by atoms with Crippen LogP contribution in [0.25, 0.3) is 5.69 Å². The first kappa shape index (κ1) is 15.3. The number of carbonyl (C=O) groups is 1. The van der Waals surface area contributed by atoms with Crippen LogP contribution in [0.5, 0.6) is 0 Å². The second-order valence-corrected chi connectivity index (χ2v) is 5.31. The van der Waals surface area contributed by atoms with Crippen LogP contribution < -0.4 is 5.32 Å². The third kappa shape index (κ3) is 3.44. The topological polar surface area (TPSA) is 80.3 Å². The molecule has 0 bridgehead atoms. The highest BCUT2D eigenvalue weighted by Gasteiger charge is 2.18. The lowest BCUT2D eigenvalue weighted by molar-refractivity contribution is 0.0907. The first-order valence-electron chi connectivity index (χ1n) is 6.93. The summed E-state index contributed by atoms with van der Waals surface area (Å²) >= 11 is 5.85. The predicted octanol–water partition coefficient (Wildman–Crippen LogP) is 2.58. The number of hydrogen-bond acceptors (Lipinski definition) is 4. The molecule has 0 saturated heterocycles. The van der Waals surface area contributed by atoms with Gasteiger partial charge in [0.05, 0.1) is 30.3 Å². The molecule has 0 radical (unpaired) electrons. The Balaban J connectivity index is 1.74. The van der Waals surface area contributed by atoms with Crippen molar-refractivity contribution >= 4 is 17.5 Å². The predicted molar refractivity (Wildman–Crippen MR) is 84.6 cm³/mol. The lowest BCUT2D eigenvalue weighted by Gasteiger charge is -2.12. The molecule has 0 aliphatic rings. The van der Waals surface area contributed by atoms with Gasteiger partial charge in [0.1, 0.15) is 11.8 Å². The average molecular weight is 332 g/mol. The van der Waals surface area contributed by atoms with Crippen LogP contribution >= 0.6 is 11.6 Å². The number of nitrogens with zero attached hydrogens (tertiary/aromatic N) is 2. The number of benzene rings is 1. The Kier molecular flexibility index (Phi) is 4.45. The molecule has 23 heavy (non-hydrogen) atoms. The third-order valence-electron chi connectivity index (χ3n) is 3.31. The van der Waals surface area contributed by atoms with Gasteiger partial charge in [-0.2, -0.15) is 5.10 Å². The summed E-state index contributed by atoms with van der Waals surface area (Å²) in [6, 6.07) is 9.89. The van der Waals surface area contributed by atoms with Crippen molar-refractivity contribution in [2.24, 2.45) is 0 Å². The molecule has 6 nitrogen and oxygen atoms in total. The minimum atomic E-state index is -0.601. The van der Waals surface area contributed by atoms with Gasteiger partial charge in [-0.3, -0.25) is 4.79 Å². The molecule has 3 aromatic rings. The van der Waals surface area contributed by atoms with Crippen molar-refractivity contribution in [1.82, 2.24) is 15.1 Å². The zero-order chi connectivity index (χ0) is 16.2. The lowest BCUT2D eigenvalue weighted by Crippen LogP contribution is -2.30. The maximum atomic E-state index is 12.3. The van der Waals surface area contributed by atoms with E-state index in [-0.39, 0.29) is 12.5 Å². The molecule has 0 spiro atoms. The number of rotatable bonds is 5. The summed E-state index contributed by atoms with van der Waals surface area (Å²) in [5.74, 6) is 0.145. The fraction of sp³-hybridized carbons (Fsp3) is 0.125. The van der Waals surface area contributed by atoms with E-state index in [1.807, 2.05) is 0 Å². The molecule has 1 aromatic carbocycles. The first-order valence-corrected chi connectivity index (χ1v) is 7.31. The van der Waals surface area contributed by atoms with Crippen LogP contribution in [0.15, 0.2) is 59.5 Å². The maximum Gasteiger partial charge on any atom is 0.255 e. The van der Waals surface area contributed by atoms with Crippen molar-refractivity contribution in [2.45, 2.75) is 6.04 Å². The Hall–Kier alpha value is -2.57. The number of aliphatic hydroxyl groups excluding tert-OH is 1.